The smallest absolute Gasteiger partial charge is 0.0386 e. The van der Waals surface area contributed by atoms with Crippen molar-refractivity contribution in [3.8, 4) is 0 Å². The third-order valence-corrected chi connectivity index (χ3v) is 5.14. The van der Waals surface area contributed by atoms with Crippen LogP contribution in [0.3, 0.4) is 0 Å². The predicted octanol–water partition coefficient (Wildman–Crippen LogP) is 3.71. The summed E-state index contributed by atoms with van der Waals surface area (Å²) >= 11 is 1.99. The highest BCUT2D eigenvalue weighted by Crippen LogP contribution is 2.27. The number of nitrogens with two attached hydrogens (primary N) is 1. The molecule has 0 heterocycles. The largest absolute Gasteiger partial charge is 0.323 e. The van der Waals surface area contributed by atoms with E-state index in [9.17, 15) is 0 Å². The lowest BCUT2D eigenvalue weighted by Gasteiger charge is -2.15. The number of hydrogen-bond acceptors (Lipinski definition) is 2. The van der Waals surface area contributed by atoms with Gasteiger partial charge in [0.25, 0.3) is 0 Å². The number of benzene rings is 1. The zero-order valence-electron chi connectivity index (χ0n) is 10.9. The Kier molecular flexibility index (Phi) is 4.52. The molecular formula is C15H23NS. The van der Waals surface area contributed by atoms with Gasteiger partial charge in [0, 0.05) is 17.0 Å². The van der Waals surface area contributed by atoms with E-state index in [4.69, 9.17) is 5.73 Å². The Morgan fingerprint density at radius 1 is 1.29 bits per heavy atom. The van der Waals surface area contributed by atoms with Gasteiger partial charge < -0.3 is 5.73 Å². The van der Waals surface area contributed by atoms with Crippen molar-refractivity contribution in [1.82, 2.24) is 0 Å². The first-order valence-corrected chi connectivity index (χ1v) is 7.74. The first-order valence-electron chi connectivity index (χ1n) is 6.69. The maximum Gasteiger partial charge on any atom is 0.0386 e. The number of thioether (sulfide) groups is 1. The molecule has 0 aromatic heterocycles. The minimum absolute atomic E-state index is 0.194. The minimum atomic E-state index is 0.194. The summed E-state index contributed by atoms with van der Waals surface area (Å²) in [6.07, 6.45) is 5.04. The number of hydrogen-bond donors (Lipinski definition) is 1. The molecule has 0 amide bonds. The van der Waals surface area contributed by atoms with Gasteiger partial charge in [0.05, 0.1) is 0 Å². The van der Waals surface area contributed by atoms with Crippen LogP contribution in [0.25, 0.3) is 0 Å². The highest BCUT2D eigenvalue weighted by molar-refractivity contribution is 7.99. The van der Waals surface area contributed by atoms with Gasteiger partial charge in [-0.15, -0.1) is 0 Å². The maximum atomic E-state index is 6.27. The van der Waals surface area contributed by atoms with Gasteiger partial charge in [-0.25, -0.2) is 0 Å². The Bertz CT molecular complexity index is 375. The standard InChI is InChI=1S/C15H23NS/c1-3-11(2)17-10-15(16)14-8-7-12-5-4-6-13(12)9-14/h7-9,11,15H,3-6,10,16H2,1-2H3. The summed E-state index contributed by atoms with van der Waals surface area (Å²) in [6.45, 7) is 4.51. The SMILES string of the molecule is CCC(C)SCC(N)c1ccc2c(c1)CCC2. The fraction of sp³-hybridized carbons (Fsp3) is 0.600. The Labute approximate surface area is 109 Å². The van der Waals surface area contributed by atoms with Crippen molar-refractivity contribution in [1.29, 1.82) is 0 Å². The van der Waals surface area contributed by atoms with E-state index in [1.165, 1.54) is 42.4 Å². The van der Waals surface area contributed by atoms with Gasteiger partial charge >= 0.3 is 0 Å². The lowest BCUT2D eigenvalue weighted by atomic mass is 10.0. The lowest BCUT2D eigenvalue weighted by molar-refractivity contribution is 0.818. The molecule has 2 N–H and O–H groups in total. The van der Waals surface area contributed by atoms with Crippen LogP contribution in [0.2, 0.25) is 0 Å². The van der Waals surface area contributed by atoms with E-state index in [-0.39, 0.29) is 6.04 Å². The molecule has 0 bridgehead atoms. The first kappa shape index (κ1) is 13.0. The van der Waals surface area contributed by atoms with Gasteiger partial charge in [-0.05, 0) is 42.4 Å². The van der Waals surface area contributed by atoms with E-state index in [2.05, 4.69) is 32.0 Å². The molecule has 2 unspecified atom stereocenters. The monoisotopic (exact) mass is 249 g/mol. The number of fused-ring (bicyclic) bond motifs is 1. The van der Waals surface area contributed by atoms with Gasteiger partial charge in [-0.2, -0.15) is 11.8 Å². The number of aryl methyl sites for hydroxylation is 2. The van der Waals surface area contributed by atoms with Crippen LogP contribution in [0, 0.1) is 0 Å². The molecule has 2 heteroatoms. The molecule has 94 valence electrons. The molecule has 0 saturated heterocycles. The highest BCUT2D eigenvalue weighted by Gasteiger charge is 2.14. The molecule has 0 fully saturated rings. The van der Waals surface area contributed by atoms with Crippen LogP contribution < -0.4 is 5.73 Å². The van der Waals surface area contributed by atoms with Crippen molar-refractivity contribution in [2.45, 2.75) is 50.8 Å². The summed E-state index contributed by atoms with van der Waals surface area (Å²) in [4.78, 5) is 0. The van der Waals surface area contributed by atoms with Crippen molar-refractivity contribution < 1.29 is 0 Å². The fourth-order valence-electron chi connectivity index (χ4n) is 2.30. The van der Waals surface area contributed by atoms with Crippen LogP contribution in [0.4, 0.5) is 0 Å². The average molecular weight is 249 g/mol. The molecule has 1 nitrogen and oxygen atoms in total. The van der Waals surface area contributed by atoms with Gasteiger partial charge in [0.15, 0.2) is 0 Å². The second-order valence-electron chi connectivity index (χ2n) is 5.04. The van der Waals surface area contributed by atoms with Crippen molar-refractivity contribution in [3.63, 3.8) is 0 Å². The van der Waals surface area contributed by atoms with E-state index in [1.807, 2.05) is 11.8 Å². The molecular weight excluding hydrogens is 226 g/mol. The molecule has 1 aliphatic rings. The Hall–Kier alpha value is -0.470. The summed E-state index contributed by atoms with van der Waals surface area (Å²) in [6, 6.07) is 7.04. The predicted molar refractivity (Wildman–Crippen MR) is 77.6 cm³/mol. The van der Waals surface area contributed by atoms with Gasteiger partial charge in [0.1, 0.15) is 0 Å². The van der Waals surface area contributed by atoms with Crippen LogP contribution in [0.5, 0.6) is 0 Å². The minimum Gasteiger partial charge on any atom is -0.323 e. The zero-order chi connectivity index (χ0) is 12.3. The molecule has 2 rings (SSSR count). The highest BCUT2D eigenvalue weighted by atomic mass is 32.2. The maximum absolute atomic E-state index is 6.27. The second kappa shape index (κ2) is 5.92. The van der Waals surface area contributed by atoms with E-state index >= 15 is 0 Å². The Morgan fingerprint density at radius 3 is 2.82 bits per heavy atom. The van der Waals surface area contributed by atoms with E-state index < -0.39 is 0 Å². The summed E-state index contributed by atoms with van der Waals surface area (Å²) in [5, 5.41) is 0.718. The third kappa shape index (κ3) is 3.26. The van der Waals surface area contributed by atoms with Crippen LogP contribution >= 0.6 is 11.8 Å². The number of rotatable bonds is 5. The second-order valence-corrected chi connectivity index (χ2v) is 6.51. The van der Waals surface area contributed by atoms with Gasteiger partial charge in [-0.3, -0.25) is 0 Å². The van der Waals surface area contributed by atoms with Crippen LogP contribution in [0.15, 0.2) is 18.2 Å². The fourth-order valence-corrected chi connectivity index (χ4v) is 3.27. The molecule has 0 spiro atoms. The van der Waals surface area contributed by atoms with E-state index in [0.717, 1.165) is 11.0 Å². The Morgan fingerprint density at radius 2 is 2.06 bits per heavy atom. The summed E-state index contributed by atoms with van der Waals surface area (Å²) < 4.78 is 0. The Balaban J connectivity index is 1.97. The zero-order valence-corrected chi connectivity index (χ0v) is 11.7. The topological polar surface area (TPSA) is 26.0 Å². The summed E-state index contributed by atoms with van der Waals surface area (Å²) in [5.74, 6) is 1.04. The van der Waals surface area contributed by atoms with Crippen molar-refractivity contribution >= 4 is 11.8 Å². The summed E-state index contributed by atoms with van der Waals surface area (Å²) in [5.41, 5.74) is 10.7. The quantitative estimate of drug-likeness (QED) is 0.861. The van der Waals surface area contributed by atoms with Gasteiger partial charge in [0.2, 0.25) is 0 Å². The van der Waals surface area contributed by atoms with Crippen LogP contribution in [0.1, 0.15) is 49.4 Å². The van der Waals surface area contributed by atoms with Crippen molar-refractivity contribution in [2.75, 3.05) is 5.75 Å². The van der Waals surface area contributed by atoms with Gasteiger partial charge in [-0.1, -0.05) is 32.0 Å². The van der Waals surface area contributed by atoms with Crippen LogP contribution in [-0.2, 0) is 12.8 Å². The molecule has 0 radical (unpaired) electrons. The molecule has 0 saturated carbocycles. The average Bonchev–Trinajstić information content (AvgIpc) is 2.82. The molecule has 1 aliphatic carbocycles. The van der Waals surface area contributed by atoms with E-state index in [1.54, 1.807) is 0 Å². The molecule has 1 aromatic carbocycles. The molecule has 0 aliphatic heterocycles. The summed E-state index contributed by atoms with van der Waals surface area (Å²) in [7, 11) is 0. The molecule has 1 aromatic rings. The third-order valence-electron chi connectivity index (χ3n) is 3.69. The first-order chi connectivity index (χ1) is 8.20. The van der Waals surface area contributed by atoms with E-state index in [0.29, 0.717) is 0 Å². The lowest BCUT2D eigenvalue weighted by Crippen LogP contribution is -2.15. The van der Waals surface area contributed by atoms with Crippen molar-refractivity contribution in [2.24, 2.45) is 5.73 Å². The van der Waals surface area contributed by atoms with Crippen LogP contribution in [-0.4, -0.2) is 11.0 Å². The normalized spacial score (nSPS) is 17.8. The van der Waals surface area contributed by atoms with Crippen molar-refractivity contribution in [3.05, 3.63) is 34.9 Å². The molecule has 2 atom stereocenters. The molecule has 17 heavy (non-hydrogen) atoms.